The molecule has 0 aliphatic heterocycles. The van der Waals surface area contributed by atoms with E-state index in [1.54, 1.807) is 6.92 Å². The summed E-state index contributed by atoms with van der Waals surface area (Å²) in [6.07, 6.45) is -0.296. The van der Waals surface area contributed by atoms with Crippen molar-refractivity contribution in [3.8, 4) is 11.5 Å². The van der Waals surface area contributed by atoms with Crippen molar-refractivity contribution in [2.24, 2.45) is 5.73 Å². The zero-order valence-electron chi connectivity index (χ0n) is 8.27. The number of carboxylic acids is 1. The molecule has 0 heterocycles. The molecule has 0 aliphatic carbocycles. The number of phenolic OH excluding ortho intramolecular Hbond substituents is 2. The van der Waals surface area contributed by atoms with E-state index in [2.05, 4.69) is 0 Å². The van der Waals surface area contributed by atoms with Gasteiger partial charge < -0.3 is 21.1 Å². The van der Waals surface area contributed by atoms with Gasteiger partial charge in [0.05, 0.1) is 6.42 Å². The molecule has 0 aromatic heterocycles. The van der Waals surface area contributed by atoms with Gasteiger partial charge in [-0.1, -0.05) is 0 Å². The minimum atomic E-state index is -1.05. The quantitative estimate of drug-likeness (QED) is 0.555. The summed E-state index contributed by atoms with van der Waals surface area (Å²) < 4.78 is 0. The maximum Gasteiger partial charge on any atom is 0.305 e. The molecule has 1 aromatic carbocycles. The number of benzene rings is 1. The van der Waals surface area contributed by atoms with Gasteiger partial charge in [-0.2, -0.15) is 0 Å². The summed E-state index contributed by atoms with van der Waals surface area (Å²) in [7, 11) is 0. The second kappa shape index (κ2) is 4.18. The number of aryl methyl sites for hydroxylation is 1. The minimum Gasteiger partial charge on any atom is -0.508 e. The Kier molecular flexibility index (Phi) is 3.16. The lowest BCUT2D eigenvalue weighted by Gasteiger charge is -2.12. The van der Waals surface area contributed by atoms with Crippen LogP contribution in [-0.4, -0.2) is 21.3 Å². The highest BCUT2D eigenvalue weighted by Gasteiger charge is 2.16. The summed E-state index contributed by atoms with van der Waals surface area (Å²) in [5.74, 6) is -1.16. The Morgan fingerprint density at radius 3 is 2.53 bits per heavy atom. The molecule has 5 N–H and O–H groups in total. The molecule has 5 heteroatoms. The lowest BCUT2D eigenvalue weighted by molar-refractivity contribution is -0.137. The van der Waals surface area contributed by atoms with Crippen LogP contribution >= 0.6 is 0 Å². The van der Waals surface area contributed by atoms with Gasteiger partial charge in [-0.05, 0) is 24.6 Å². The normalized spacial score (nSPS) is 12.4. The van der Waals surface area contributed by atoms with Gasteiger partial charge in [-0.15, -0.1) is 0 Å². The molecule has 82 valence electrons. The van der Waals surface area contributed by atoms with Crippen LogP contribution in [0, 0.1) is 6.92 Å². The summed E-state index contributed by atoms with van der Waals surface area (Å²) in [6, 6.07) is 1.82. The average Bonchev–Trinajstić information content (AvgIpc) is 2.09. The number of rotatable bonds is 3. The molecule has 0 fully saturated rings. The fourth-order valence-corrected chi connectivity index (χ4v) is 1.29. The van der Waals surface area contributed by atoms with Crippen molar-refractivity contribution >= 4 is 5.97 Å². The maximum atomic E-state index is 10.4. The molecule has 1 atom stereocenters. The van der Waals surface area contributed by atoms with Crippen molar-refractivity contribution in [2.75, 3.05) is 0 Å². The molecule has 0 saturated heterocycles. The highest BCUT2D eigenvalue weighted by atomic mass is 16.4. The molecule has 0 saturated carbocycles. The lowest BCUT2D eigenvalue weighted by atomic mass is 10.0. The van der Waals surface area contributed by atoms with Gasteiger partial charge in [0, 0.05) is 11.6 Å². The van der Waals surface area contributed by atoms with Crippen molar-refractivity contribution in [1.82, 2.24) is 0 Å². The van der Waals surface area contributed by atoms with Crippen LogP contribution < -0.4 is 5.73 Å². The first kappa shape index (κ1) is 11.3. The van der Waals surface area contributed by atoms with Crippen LogP contribution in [0.1, 0.15) is 23.6 Å². The number of hydrogen-bond acceptors (Lipinski definition) is 4. The summed E-state index contributed by atoms with van der Waals surface area (Å²) >= 11 is 0. The SMILES string of the molecule is Cc1cc(O)c(C(N)CC(=O)O)cc1O. The predicted octanol–water partition coefficient (Wildman–Crippen LogP) is 0.881. The first-order chi connectivity index (χ1) is 6.91. The Labute approximate surface area is 86.8 Å². The predicted molar refractivity (Wildman–Crippen MR) is 53.7 cm³/mol. The summed E-state index contributed by atoms with van der Waals surface area (Å²) in [4.78, 5) is 10.4. The average molecular weight is 211 g/mol. The van der Waals surface area contributed by atoms with Gasteiger partial charge in [-0.3, -0.25) is 4.79 Å². The first-order valence-corrected chi connectivity index (χ1v) is 4.41. The van der Waals surface area contributed by atoms with Crippen LogP contribution in [0.15, 0.2) is 12.1 Å². The van der Waals surface area contributed by atoms with Crippen molar-refractivity contribution in [3.63, 3.8) is 0 Å². The second-order valence-electron chi connectivity index (χ2n) is 3.40. The van der Waals surface area contributed by atoms with E-state index < -0.39 is 12.0 Å². The Balaban J connectivity index is 3.03. The molecular formula is C10H13NO4. The standard InChI is InChI=1S/C10H13NO4/c1-5-2-9(13)6(3-8(5)12)7(11)4-10(14)15/h2-3,7,12-13H,4,11H2,1H3,(H,14,15). The van der Waals surface area contributed by atoms with Gasteiger partial charge in [0.25, 0.3) is 0 Å². The number of carboxylic acid groups (broad SMARTS) is 1. The molecule has 0 bridgehead atoms. The second-order valence-corrected chi connectivity index (χ2v) is 3.40. The van der Waals surface area contributed by atoms with E-state index in [1.807, 2.05) is 0 Å². The molecule has 1 rings (SSSR count). The van der Waals surface area contributed by atoms with Gasteiger partial charge in [0.2, 0.25) is 0 Å². The third kappa shape index (κ3) is 2.60. The van der Waals surface area contributed by atoms with E-state index in [4.69, 9.17) is 10.8 Å². The molecule has 1 unspecified atom stereocenters. The van der Waals surface area contributed by atoms with Gasteiger partial charge >= 0.3 is 5.97 Å². The zero-order valence-corrected chi connectivity index (χ0v) is 8.27. The Morgan fingerprint density at radius 2 is 2.00 bits per heavy atom. The molecule has 5 nitrogen and oxygen atoms in total. The van der Waals surface area contributed by atoms with E-state index in [9.17, 15) is 15.0 Å². The van der Waals surface area contributed by atoms with E-state index in [0.717, 1.165) is 0 Å². The Hall–Kier alpha value is -1.75. The van der Waals surface area contributed by atoms with E-state index in [0.29, 0.717) is 5.56 Å². The highest BCUT2D eigenvalue weighted by Crippen LogP contribution is 2.31. The third-order valence-corrected chi connectivity index (χ3v) is 2.14. The van der Waals surface area contributed by atoms with Crippen LogP contribution in [0.2, 0.25) is 0 Å². The number of aromatic hydroxyl groups is 2. The number of nitrogens with two attached hydrogens (primary N) is 1. The first-order valence-electron chi connectivity index (χ1n) is 4.41. The van der Waals surface area contributed by atoms with E-state index in [1.165, 1.54) is 12.1 Å². The Morgan fingerprint density at radius 1 is 1.40 bits per heavy atom. The topological polar surface area (TPSA) is 104 Å². The van der Waals surface area contributed by atoms with Crippen molar-refractivity contribution in [2.45, 2.75) is 19.4 Å². The number of carbonyl (C=O) groups is 1. The lowest BCUT2D eigenvalue weighted by Crippen LogP contribution is -2.15. The van der Waals surface area contributed by atoms with Crippen LogP contribution in [0.4, 0.5) is 0 Å². The minimum absolute atomic E-state index is 0.0105. The smallest absolute Gasteiger partial charge is 0.305 e. The molecular weight excluding hydrogens is 198 g/mol. The molecule has 1 aromatic rings. The van der Waals surface area contributed by atoms with Crippen LogP contribution in [0.5, 0.6) is 11.5 Å². The summed E-state index contributed by atoms with van der Waals surface area (Å²) in [6.45, 7) is 1.63. The summed E-state index contributed by atoms with van der Waals surface area (Å²) in [5, 5.41) is 27.4. The van der Waals surface area contributed by atoms with Crippen molar-refractivity contribution in [1.29, 1.82) is 0 Å². The summed E-state index contributed by atoms with van der Waals surface area (Å²) in [5.41, 5.74) is 6.31. The third-order valence-electron chi connectivity index (χ3n) is 2.14. The zero-order chi connectivity index (χ0) is 11.6. The highest BCUT2D eigenvalue weighted by molar-refractivity contribution is 5.68. The number of phenols is 2. The largest absolute Gasteiger partial charge is 0.508 e. The van der Waals surface area contributed by atoms with Gasteiger partial charge in [0.15, 0.2) is 0 Å². The molecule has 0 radical (unpaired) electrons. The maximum absolute atomic E-state index is 10.4. The molecule has 15 heavy (non-hydrogen) atoms. The molecule has 0 spiro atoms. The fourth-order valence-electron chi connectivity index (χ4n) is 1.29. The van der Waals surface area contributed by atoms with Crippen molar-refractivity contribution in [3.05, 3.63) is 23.3 Å². The fraction of sp³-hybridized carbons (Fsp3) is 0.300. The van der Waals surface area contributed by atoms with Crippen molar-refractivity contribution < 1.29 is 20.1 Å². The van der Waals surface area contributed by atoms with Crippen LogP contribution in [0.3, 0.4) is 0 Å². The monoisotopic (exact) mass is 211 g/mol. The van der Waals surface area contributed by atoms with Crippen LogP contribution in [-0.2, 0) is 4.79 Å². The molecule has 0 aliphatic rings. The van der Waals surface area contributed by atoms with Gasteiger partial charge in [0.1, 0.15) is 11.5 Å². The van der Waals surface area contributed by atoms with Crippen LogP contribution in [0.25, 0.3) is 0 Å². The van der Waals surface area contributed by atoms with E-state index in [-0.39, 0.29) is 23.5 Å². The number of hydrogen-bond donors (Lipinski definition) is 4. The number of aliphatic carboxylic acids is 1. The van der Waals surface area contributed by atoms with E-state index >= 15 is 0 Å². The molecule has 0 amide bonds. The Bertz CT molecular complexity index is 389. The van der Waals surface area contributed by atoms with Gasteiger partial charge in [-0.25, -0.2) is 0 Å².